The molecule has 0 aromatic heterocycles. The Hall–Kier alpha value is -3.88. The van der Waals surface area contributed by atoms with Crippen LogP contribution in [0, 0.1) is 0 Å². The molecule has 9 heteroatoms. The van der Waals surface area contributed by atoms with E-state index < -0.39 is 5.41 Å². The molecule has 4 rings (SSSR count). The number of hydrogen-bond acceptors (Lipinski definition) is 7. The van der Waals surface area contributed by atoms with Crippen LogP contribution in [0.15, 0.2) is 48.5 Å². The molecule has 0 saturated carbocycles. The van der Waals surface area contributed by atoms with Gasteiger partial charge in [-0.1, -0.05) is 18.2 Å². The largest absolute Gasteiger partial charge is 0.496 e. The molecule has 0 bridgehead atoms. The van der Waals surface area contributed by atoms with Gasteiger partial charge in [0.25, 0.3) is 0 Å². The molecule has 2 saturated heterocycles. The van der Waals surface area contributed by atoms with Gasteiger partial charge in [-0.3, -0.25) is 19.3 Å². The number of hydrogen-bond donors (Lipinski definition) is 0. The third-order valence-corrected chi connectivity index (χ3v) is 6.90. The summed E-state index contributed by atoms with van der Waals surface area (Å²) in [7, 11) is 4.31. The van der Waals surface area contributed by atoms with Crippen LogP contribution < -0.4 is 9.64 Å². The van der Waals surface area contributed by atoms with E-state index in [1.165, 1.54) is 21.3 Å². The summed E-state index contributed by atoms with van der Waals surface area (Å²) >= 11 is 0. The minimum atomic E-state index is -1.28. The average Bonchev–Trinajstić information content (AvgIpc) is 3.12. The summed E-state index contributed by atoms with van der Waals surface area (Å²) in [4.78, 5) is 55.9. The molecular formula is C26H29N3O6. The van der Waals surface area contributed by atoms with Crippen LogP contribution in [0.2, 0.25) is 0 Å². The minimum Gasteiger partial charge on any atom is -0.496 e. The molecule has 184 valence electrons. The van der Waals surface area contributed by atoms with E-state index in [0.29, 0.717) is 43.1 Å². The Bertz CT molecular complexity index is 1140. The number of esters is 1. The van der Waals surface area contributed by atoms with Gasteiger partial charge in [0.2, 0.25) is 17.7 Å². The van der Waals surface area contributed by atoms with Crippen LogP contribution in [0.4, 0.5) is 5.69 Å². The van der Waals surface area contributed by atoms with E-state index >= 15 is 0 Å². The molecule has 0 aliphatic carbocycles. The number of anilines is 1. The number of likely N-dealkylation sites (tertiary alicyclic amines) is 1. The molecule has 2 aromatic rings. The minimum absolute atomic E-state index is 0.0685. The zero-order valence-corrected chi connectivity index (χ0v) is 20.2. The number of carbonyl (C=O) groups excluding carboxylic acids is 4. The lowest BCUT2D eigenvalue weighted by Crippen LogP contribution is -2.51. The Morgan fingerprint density at radius 2 is 1.60 bits per heavy atom. The van der Waals surface area contributed by atoms with E-state index in [1.807, 2.05) is 12.1 Å². The maximum Gasteiger partial charge on any atom is 0.337 e. The van der Waals surface area contributed by atoms with E-state index in [-0.39, 0.29) is 36.5 Å². The zero-order valence-electron chi connectivity index (χ0n) is 20.2. The number of nitrogens with zero attached hydrogens (tertiary/aromatic N) is 3. The van der Waals surface area contributed by atoms with Gasteiger partial charge in [-0.25, -0.2) is 4.79 Å². The second-order valence-corrected chi connectivity index (χ2v) is 8.80. The topological polar surface area (TPSA) is 96.5 Å². The van der Waals surface area contributed by atoms with Gasteiger partial charge in [0, 0.05) is 57.3 Å². The highest BCUT2D eigenvalue weighted by Crippen LogP contribution is 2.43. The lowest BCUT2D eigenvalue weighted by Gasteiger charge is -2.38. The second-order valence-electron chi connectivity index (χ2n) is 8.80. The van der Waals surface area contributed by atoms with Crippen molar-refractivity contribution < 1.29 is 28.7 Å². The lowest BCUT2D eigenvalue weighted by atomic mass is 9.75. The number of likely N-dealkylation sites (N-methyl/N-ethyl adjacent to an activating group) is 1. The van der Waals surface area contributed by atoms with Crippen molar-refractivity contribution in [3.63, 3.8) is 0 Å². The fourth-order valence-electron chi connectivity index (χ4n) is 4.88. The Balaban J connectivity index is 1.49. The normalized spacial score (nSPS) is 20.3. The van der Waals surface area contributed by atoms with Gasteiger partial charge in [0.1, 0.15) is 5.75 Å². The number of rotatable bonds is 6. The molecule has 0 radical (unpaired) electrons. The van der Waals surface area contributed by atoms with Crippen molar-refractivity contribution in [1.29, 1.82) is 0 Å². The van der Waals surface area contributed by atoms with E-state index in [1.54, 1.807) is 41.3 Å². The summed E-state index contributed by atoms with van der Waals surface area (Å²) in [5.74, 6) is -0.773. The first kappa shape index (κ1) is 24.3. The van der Waals surface area contributed by atoms with Crippen LogP contribution in [0.25, 0.3) is 0 Å². The van der Waals surface area contributed by atoms with Gasteiger partial charge in [-0.15, -0.1) is 0 Å². The van der Waals surface area contributed by atoms with Crippen LogP contribution in [0.5, 0.6) is 5.75 Å². The summed E-state index contributed by atoms with van der Waals surface area (Å²) in [6, 6.07) is 14.2. The van der Waals surface area contributed by atoms with Gasteiger partial charge in [-0.2, -0.15) is 0 Å². The van der Waals surface area contributed by atoms with E-state index in [2.05, 4.69) is 4.90 Å². The number of methoxy groups -OCH3 is 2. The van der Waals surface area contributed by atoms with Gasteiger partial charge < -0.3 is 19.3 Å². The molecule has 2 aromatic carbocycles. The van der Waals surface area contributed by atoms with Crippen molar-refractivity contribution in [2.45, 2.75) is 18.3 Å². The van der Waals surface area contributed by atoms with Crippen LogP contribution >= 0.6 is 0 Å². The monoisotopic (exact) mass is 479 g/mol. The molecule has 2 fully saturated rings. The van der Waals surface area contributed by atoms with Crippen molar-refractivity contribution in [3.8, 4) is 5.75 Å². The second kappa shape index (κ2) is 9.77. The number of ether oxygens (including phenoxy) is 2. The molecule has 35 heavy (non-hydrogen) atoms. The maximum atomic E-state index is 13.4. The van der Waals surface area contributed by atoms with Crippen molar-refractivity contribution >= 4 is 29.4 Å². The molecule has 1 unspecified atom stereocenters. The third-order valence-electron chi connectivity index (χ3n) is 6.90. The zero-order chi connectivity index (χ0) is 25.2. The summed E-state index contributed by atoms with van der Waals surface area (Å²) < 4.78 is 10.2. The predicted octanol–water partition coefficient (Wildman–Crippen LogP) is 1.85. The molecule has 3 amide bonds. The number of amides is 3. The van der Waals surface area contributed by atoms with E-state index in [9.17, 15) is 19.2 Å². The van der Waals surface area contributed by atoms with Crippen molar-refractivity contribution in [2.24, 2.45) is 0 Å². The quantitative estimate of drug-likeness (QED) is 0.461. The Morgan fingerprint density at radius 3 is 2.17 bits per heavy atom. The van der Waals surface area contributed by atoms with Crippen LogP contribution in [0.3, 0.4) is 0 Å². The number of imide groups is 1. The van der Waals surface area contributed by atoms with Gasteiger partial charge in [0.15, 0.2) is 0 Å². The number of carbonyl (C=O) groups is 4. The SMILES string of the molecule is COC(=O)c1ccc(N2CCN(C(=O)CC3(c4ccccc4OC)CC(=O)N(C)C3=O)CC2)cc1. The molecule has 2 heterocycles. The lowest BCUT2D eigenvalue weighted by molar-refractivity contribution is -0.141. The standard InChI is InChI=1S/C26H29N3O6/c1-27-22(30)16-26(25(27)33,20-6-4-5-7-21(20)34-2)17-23(31)29-14-12-28(13-15-29)19-10-8-18(9-11-19)24(32)35-3/h4-11H,12-17H2,1-3H3. The summed E-state index contributed by atoms with van der Waals surface area (Å²) in [5.41, 5.74) is 0.708. The van der Waals surface area contributed by atoms with Gasteiger partial charge >= 0.3 is 5.97 Å². The first-order valence-corrected chi connectivity index (χ1v) is 11.5. The number of piperazine rings is 1. The van der Waals surface area contributed by atoms with Crippen molar-refractivity contribution in [3.05, 3.63) is 59.7 Å². The van der Waals surface area contributed by atoms with Crippen molar-refractivity contribution in [2.75, 3.05) is 52.3 Å². The Labute approximate surface area is 204 Å². The number of para-hydroxylation sites is 1. The van der Waals surface area contributed by atoms with Crippen LogP contribution in [0.1, 0.15) is 28.8 Å². The fraction of sp³-hybridized carbons (Fsp3) is 0.385. The molecule has 2 aliphatic rings. The van der Waals surface area contributed by atoms with Crippen molar-refractivity contribution in [1.82, 2.24) is 9.80 Å². The van der Waals surface area contributed by atoms with E-state index in [0.717, 1.165) is 10.6 Å². The summed E-state index contributed by atoms with van der Waals surface area (Å²) in [5, 5.41) is 0. The summed E-state index contributed by atoms with van der Waals surface area (Å²) in [6.07, 6.45) is -0.170. The molecule has 9 nitrogen and oxygen atoms in total. The van der Waals surface area contributed by atoms with Gasteiger partial charge in [-0.05, 0) is 30.3 Å². The fourth-order valence-corrected chi connectivity index (χ4v) is 4.88. The molecular weight excluding hydrogens is 450 g/mol. The first-order valence-electron chi connectivity index (χ1n) is 11.5. The first-order chi connectivity index (χ1) is 16.8. The summed E-state index contributed by atoms with van der Waals surface area (Å²) in [6.45, 7) is 2.19. The van der Waals surface area contributed by atoms with E-state index in [4.69, 9.17) is 9.47 Å². The third kappa shape index (κ3) is 4.45. The molecule has 2 aliphatic heterocycles. The molecule has 0 spiro atoms. The average molecular weight is 480 g/mol. The highest BCUT2D eigenvalue weighted by molar-refractivity contribution is 6.10. The van der Waals surface area contributed by atoms with Crippen LogP contribution in [-0.4, -0.2) is 80.9 Å². The highest BCUT2D eigenvalue weighted by Gasteiger charge is 2.54. The maximum absolute atomic E-state index is 13.4. The molecule has 1 atom stereocenters. The molecule has 0 N–H and O–H groups in total. The van der Waals surface area contributed by atoms with Crippen LogP contribution in [-0.2, 0) is 24.5 Å². The highest BCUT2D eigenvalue weighted by atomic mass is 16.5. The Morgan fingerprint density at radius 1 is 0.943 bits per heavy atom. The smallest absolute Gasteiger partial charge is 0.337 e. The predicted molar refractivity (Wildman–Crippen MR) is 128 cm³/mol. The number of benzene rings is 2. The Kier molecular flexibility index (Phi) is 6.77. The van der Waals surface area contributed by atoms with Gasteiger partial charge in [0.05, 0.1) is 25.2 Å².